The largest absolute Gasteiger partial charge is 0.368 e. The van der Waals surface area contributed by atoms with Gasteiger partial charge >= 0.3 is 0 Å². The number of nitrogens with zero attached hydrogens (tertiary/aromatic N) is 3. The fraction of sp³-hybridized carbons (Fsp3) is 0.353. The highest BCUT2D eigenvalue weighted by Gasteiger charge is 2.26. The zero-order valence-electron chi connectivity index (χ0n) is 14.6. The Labute approximate surface area is 152 Å². The first-order chi connectivity index (χ1) is 12.3. The summed E-state index contributed by atoms with van der Waals surface area (Å²) in [4.78, 5) is 16.6. The molecule has 0 unspecified atom stereocenters. The highest BCUT2D eigenvalue weighted by molar-refractivity contribution is 7.89. The lowest BCUT2D eigenvalue weighted by molar-refractivity contribution is 0.0737. The molecule has 0 saturated carbocycles. The van der Waals surface area contributed by atoms with Crippen molar-refractivity contribution in [3.63, 3.8) is 0 Å². The van der Waals surface area contributed by atoms with E-state index in [-0.39, 0.29) is 16.6 Å². The van der Waals surface area contributed by atoms with E-state index in [1.807, 2.05) is 0 Å². The molecule has 0 atom stereocenters. The fourth-order valence-corrected chi connectivity index (χ4v) is 3.79. The predicted octanol–water partition coefficient (Wildman–Crippen LogP) is 1.03. The van der Waals surface area contributed by atoms with Crippen LogP contribution in [0.1, 0.15) is 10.5 Å². The number of amides is 1. The number of hydrogen-bond acceptors (Lipinski definition) is 4. The SMILES string of the molecule is CNS(=O)(=O)c1cc(C(=O)N2CCN(c3ccc(F)cc3)CC2)n(C)c1. The Kier molecular flexibility index (Phi) is 5.01. The Morgan fingerprint density at radius 1 is 1.12 bits per heavy atom. The van der Waals surface area contributed by atoms with Gasteiger partial charge in [-0.15, -0.1) is 0 Å². The maximum atomic E-state index is 13.0. The van der Waals surface area contributed by atoms with Crippen LogP contribution in [0.4, 0.5) is 10.1 Å². The first kappa shape index (κ1) is 18.4. The van der Waals surface area contributed by atoms with E-state index in [1.54, 1.807) is 24.1 Å². The third-order valence-corrected chi connectivity index (χ3v) is 5.92. The second-order valence-corrected chi connectivity index (χ2v) is 8.02. The Balaban J connectivity index is 1.70. The number of carbonyl (C=O) groups excluding carboxylic acids is 1. The number of halogens is 1. The zero-order valence-corrected chi connectivity index (χ0v) is 15.5. The first-order valence-corrected chi connectivity index (χ1v) is 9.70. The molecule has 2 aromatic rings. The molecule has 7 nitrogen and oxygen atoms in total. The molecule has 9 heteroatoms. The quantitative estimate of drug-likeness (QED) is 0.860. The molecule has 1 aromatic heterocycles. The summed E-state index contributed by atoms with van der Waals surface area (Å²) < 4.78 is 40.6. The summed E-state index contributed by atoms with van der Waals surface area (Å²) >= 11 is 0. The van der Waals surface area contributed by atoms with Gasteiger partial charge in [-0.05, 0) is 37.4 Å². The van der Waals surface area contributed by atoms with Gasteiger partial charge in [0.2, 0.25) is 10.0 Å². The number of nitrogens with one attached hydrogen (secondary N) is 1. The lowest BCUT2D eigenvalue weighted by Crippen LogP contribution is -2.49. The number of benzene rings is 1. The maximum Gasteiger partial charge on any atom is 0.270 e. The number of carbonyl (C=O) groups is 1. The van der Waals surface area contributed by atoms with Gasteiger partial charge in [0.15, 0.2) is 0 Å². The second kappa shape index (κ2) is 7.08. The first-order valence-electron chi connectivity index (χ1n) is 8.21. The Bertz CT molecular complexity index is 901. The molecule has 1 aliphatic heterocycles. The molecular formula is C17H21FN4O3S. The van der Waals surface area contributed by atoms with Crippen LogP contribution < -0.4 is 9.62 Å². The van der Waals surface area contributed by atoms with Crippen LogP contribution in [0.3, 0.4) is 0 Å². The van der Waals surface area contributed by atoms with Crippen LogP contribution in [0.2, 0.25) is 0 Å². The molecule has 0 aliphatic carbocycles. The minimum atomic E-state index is -3.59. The summed E-state index contributed by atoms with van der Waals surface area (Å²) in [5.74, 6) is -0.484. The normalized spacial score (nSPS) is 15.3. The van der Waals surface area contributed by atoms with Crippen LogP contribution in [0.25, 0.3) is 0 Å². The van der Waals surface area contributed by atoms with Crippen LogP contribution in [-0.4, -0.2) is 57.0 Å². The van der Waals surface area contributed by atoms with Crippen molar-refractivity contribution in [3.8, 4) is 0 Å². The van der Waals surface area contributed by atoms with E-state index in [0.717, 1.165) is 5.69 Å². The molecule has 1 aliphatic rings. The van der Waals surface area contributed by atoms with Crippen molar-refractivity contribution >= 4 is 21.6 Å². The lowest BCUT2D eigenvalue weighted by atomic mass is 10.2. The van der Waals surface area contributed by atoms with Crippen molar-refractivity contribution < 1.29 is 17.6 Å². The van der Waals surface area contributed by atoms with Gasteiger partial charge < -0.3 is 14.4 Å². The standard InChI is InChI=1S/C17H21FN4O3S/c1-19-26(24,25)15-11-16(20(2)12-15)17(23)22-9-7-21(8-10-22)14-5-3-13(18)4-6-14/h3-6,11-12,19H,7-10H2,1-2H3. The second-order valence-electron chi connectivity index (χ2n) is 6.14. The van der Waals surface area contributed by atoms with Crippen molar-refractivity contribution in [2.45, 2.75) is 4.90 Å². The Hall–Kier alpha value is -2.39. The van der Waals surface area contributed by atoms with Crippen LogP contribution >= 0.6 is 0 Å². The molecule has 26 heavy (non-hydrogen) atoms. The van der Waals surface area contributed by atoms with Crippen LogP contribution in [0, 0.1) is 5.82 Å². The van der Waals surface area contributed by atoms with Gasteiger partial charge in [0.05, 0.1) is 0 Å². The van der Waals surface area contributed by atoms with Crippen molar-refractivity contribution in [2.24, 2.45) is 7.05 Å². The highest BCUT2D eigenvalue weighted by atomic mass is 32.2. The third kappa shape index (κ3) is 3.58. The molecular weight excluding hydrogens is 359 g/mol. The molecule has 1 N–H and O–H groups in total. The summed E-state index contributed by atoms with van der Waals surface area (Å²) in [7, 11) is -0.612. The summed E-state index contributed by atoms with van der Waals surface area (Å²) in [6.45, 7) is 2.28. The molecule has 1 saturated heterocycles. The minimum absolute atomic E-state index is 0.0656. The van der Waals surface area contributed by atoms with Gasteiger partial charge in [0.1, 0.15) is 16.4 Å². The predicted molar refractivity (Wildman–Crippen MR) is 96.2 cm³/mol. The van der Waals surface area contributed by atoms with Crippen LogP contribution in [0.5, 0.6) is 0 Å². The number of anilines is 1. The van der Waals surface area contributed by atoms with E-state index in [2.05, 4.69) is 9.62 Å². The highest BCUT2D eigenvalue weighted by Crippen LogP contribution is 2.19. The molecule has 3 rings (SSSR count). The number of sulfonamides is 1. The molecule has 2 heterocycles. The molecule has 0 radical (unpaired) electrons. The van der Waals surface area contributed by atoms with Crippen molar-refractivity contribution in [1.29, 1.82) is 0 Å². The van der Waals surface area contributed by atoms with E-state index in [9.17, 15) is 17.6 Å². The Morgan fingerprint density at radius 3 is 2.31 bits per heavy atom. The molecule has 1 fully saturated rings. The molecule has 0 spiro atoms. The van der Waals surface area contributed by atoms with E-state index in [0.29, 0.717) is 31.9 Å². The maximum absolute atomic E-state index is 13.0. The smallest absolute Gasteiger partial charge is 0.270 e. The third-order valence-electron chi connectivity index (χ3n) is 4.54. The average Bonchev–Trinajstić information content (AvgIpc) is 3.04. The number of hydrogen-bond donors (Lipinski definition) is 1. The van der Waals surface area contributed by atoms with E-state index in [1.165, 1.54) is 36.0 Å². The van der Waals surface area contributed by atoms with Gasteiger partial charge in [0, 0.05) is 45.1 Å². The number of aryl methyl sites for hydroxylation is 1. The zero-order chi connectivity index (χ0) is 18.9. The van der Waals surface area contributed by atoms with Crippen LogP contribution in [0.15, 0.2) is 41.4 Å². The van der Waals surface area contributed by atoms with Gasteiger partial charge in [-0.2, -0.15) is 0 Å². The molecule has 1 amide bonds. The van der Waals surface area contributed by atoms with Gasteiger partial charge in [-0.1, -0.05) is 0 Å². The summed E-state index contributed by atoms with van der Waals surface area (Å²) in [6.07, 6.45) is 1.42. The average molecular weight is 380 g/mol. The van der Waals surface area contributed by atoms with Crippen LogP contribution in [-0.2, 0) is 17.1 Å². The lowest BCUT2D eigenvalue weighted by Gasteiger charge is -2.36. The van der Waals surface area contributed by atoms with Crippen molar-refractivity contribution in [2.75, 3.05) is 38.1 Å². The van der Waals surface area contributed by atoms with E-state index in [4.69, 9.17) is 0 Å². The number of aromatic nitrogens is 1. The summed E-state index contributed by atoms with van der Waals surface area (Å²) in [6, 6.07) is 7.67. The van der Waals surface area contributed by atoms with Gasteiger partial charge in [0.25, 0.3) is 5.91 Å². The fourth-order valence-electron chi connectivity index (χ4n) is 2.99. The topological polar surface area (TPSA) is 74.7 Å². The minimum Gasteiger partial charge on any atom is -0.368 e. The van der Waals surface area contributed by atoms with E-state index < -0.39 is 10.0 Å². The van der Waals surface area contributed by atoms with Gasteiger partial charge in [-0.3, -0.25) is 4.79 Å². The Morgan fingerprint density at radius 2 is 1.73 bits per heavy atom. The van der Waals surface area contributed by atoms with Gasteiger partial charge in [-0.25, -0.2) is 17.5 Å². The number of rotatable bonds is 4. The molecule has 140 valence electrons. The van der Waals surface area contributed by atoms with E-state index >= 15 is 0 Å². The molecule has 1 aromatic carbocycles. The van der Waals surface area contributed by atoms with Crippen molar-refractivity contribution in [1.82, 2.24) is 14.2 Å². The van der Waals surface area contributed by atoms with Crippen molar-refractivity contribution in [3.05, 3.63) is 48.0 Å². The monoisotopic (exact) mass is 380 g/mol. The summed E-state index contributed by atoms with van der Waals surface area (Å²) in [5, 5.41) is 0. The number of piperazine rings is 1. The molecule has 0 bridgehead atoms. The summed E-state index contributed by atoms with van der Waals surface area (Å²) in [5.41, 5.74) is 1.24.